The van der Waals surface area contributed by atoms with Crippen LogP contribution in [0.2, 0.25) is 0 Å². The number of carbonyl (C=O) groups is 1. The zero-order valence-corrected chi connectivity index (χ0v) is 22.3. The highest BCUT2D eigenvalue weighted by Crippen LogP contribution is 2.40. The first-order chi connectivity index (χ1) is 20.3. The molecule has 1 unspecified atom stereocenters. The molecule has 4 N–H and O–H groups in total. The van der Waals surface area contributed by atoms with Crippen molar-refractivity contribution < 1.29 is 40.7 Å². The average Bonchev–Trinajstić information content (AvgIpc) is 3.62. The number of hydrogen-bond donors (Lipinski definition) is 3. The molecular formula is C29H25F6N5O3. The van der Waals surface area contributed by atoms with E-state index in [1.807, 2.05) is 0 Å². The molecule has 1 amide bonds. The summed E-state index contributed by atoms with van der Waals surface area (Å²) >= 11 is 0. The van der Waals surface area contributed by atoms with Gasteiger partial charge in [0.1, 0.15) is 29.4 Å². The molecule has 4 heterocycles. The number of aromatic nitrogens is 2. The molecule has 1 aliphatic heterocycles. The van der Waals surface area contributed by atoms with Crippen LogP contribution in [0.4, 0.5) is 32.2 Å². The Bertz CT molecular complexity index is 1630. The maximum Gasteiger partial charge on any atom is 0.420 e. The number of alkyl halides is 6. The standard InChI is InChI=1S/C29H25F6N5O3/c30-28(31,32)21-12-18(22-6-5-17(14-37-22)27(42)40-9-1-2-23(40)29(33,34)35)10-19-11-20(43-26(19)21)15-39-25(41)8-4-16-3-7-24(36)38-13-16/h3-8,10-14,23,27,42H,1-2,9,15H2,(H2,36,38)(H,39,41)/b8-4+/t23-,27?/m1/s1. The molecular weight excluding hydrogens is 580 g/mol. The number of benzene rings is 1. The summed E-state index contributed by atoms with van der Waals surface area (Å²) in [6.07, 6.45) is -5.41. The molecule has 14 heteroatoms. The van der Waals surface area contributed by atoms with Crippen molar-refractivity contribution in [1.82, 2.24) is 20.2 Å². The predicted octanol–water partition coefficient (Wildman–Crippen LogP) is 5.84. The first-order valence-corrected chi connectivity index (χ1v) is 13.1. The Kier molecular flexibility index (Phi) is 8.16. The number of halogens is 6. The molecule has 0 bridgehead atoms. The molecule has 4 aromatic rings. The second kappa shape index (κ2) is 11.7. The lowest BCUT2D eigenvalue weighted by Gasteiger charge is -2.30. The van der Waals surface area contributed by atoms with Crippen LogP contribution < -0.4 is 11.1 Å². The van der Waals surface area contributed by atoms with Gasteiger partial charge in [-0.3, -0.25) is 14.7 Å². The smallest absolute Gasteiger partial charge is 0.420 e. The predicted molar refractivity (Wildman–Crippen MR) is 145 cm³/mol. The fourth-order valence-electron chi connectivity index (χ4n) is 4.93. The van der Waals surface area contributed by atoms with Gasteiger partial charge in [0.15, 0.2) is 0 Å². The van der Waals surface area contributed by atoms with Crippen LogP contribution in [0, 0.1) is 0 Å². The Balaban J connectivity index is 1.35. The lowest BCUT2D eigenvalue weighted by molar-refractivity contribution is -0.196. The fraction of sp³-hybridized carbons (Fsp3) is 0.276. The molecule has 1 aromatic carbocycles. The number of carbonyl (C=O) groups excluding carboxylic acids is 1. The topological polar surface area (TPSA) is 118 Å². The van der Waals surface area contributed by atoms with Crippen molar-refractivity contribution in [3.05, 3.63) is 83.4 Å². The van der Waals surface area contributed by atoms with E-state index in [0.717, 1.165) is 17.2 Å². The minimum absolute atomic E-state index is 0.0400. The van der Waals surface area contributed by atoms with Crippen molar-refractivity contribution in [2.45, 2.75) is 44.0 Å². The number of aliphatic hydroxyl groups excluding tert-OH is 1. The van der Waals surface area contributed by atoms with Gasteiger partial charge in [-0.1, -0.05) is 6.07 Å². The number of anilines is 1. The highest BCUT2D eigenvalue weighted by Gasteiger charge is 2.48. The molecule has 1 aliphatic rings. The number of nitrogens with one attached hydrogen (secondary N) is 1. The second-order valence-corrected chi connectivity index (χ2v) is 10.0. The first-order valence-electron chi connectivity index (χ1n) is 13.1. The molecule has 0 radical (unpaired) electrons. The van der Waals surface area contributed by atoms with Crippen LogP contribution in [0.1, 0.15) is 41.5 Å². The summed E-state index contributed by atoms with van der Waals surface area (Å²) in [5, 5.41) is 13.2. The van der Waals surface area contributed by atoms with Gasteiger partial charge in [0.25, 0.3) is 0 Å². The summed E-state index contributed by atoms with van der Waals surface area (Å²) in [4.78, 5) is 21.2. The van der Waals surface area contributed by atoms with Gasteiger partial charge in [0.2, 0.25) is 5.91 Å². The van der Waals surface area contributed by atoms with E-state index >= 15 is 0 Å². The highest BCUT2D eigenvalue weighted by molar-refractivity contribution is 5.92. The molecule has 0 saturated carbocycles. The van der Waals surface area contributed by atoms with E-state index in [4.69, 9.17) is 10.2 Å². The summed E-state index contributed by atoms with van der Waals surface area (Å²) in [6, 6.07) is 7.74. The number of furan rings is 1. The number of hydrogen-bond acceptors (Lipinski definition) is 7. The molecule has 0 spiro atoms. The molecule has 3 aromatic heterocycles. The van der Waals surface area contributed by atoms with E-state index < -0.39 is 41.7 Å². The Morgan fingerprint density at radius 2 is 1.91 bits per heavy atom. The third-order valence-corrected chi connectivity index (χ3v) is 7.01. The van der Waals surface area contributed by atoms with E-state index in [1.165, 1.54) is 42.6 Å². The monoisotopic (exact) mass is 605 g/mol. The molecule has 226 valence electrons. The van der Waals surface area contributed by atoms with Crippen LogP contribution in [-0.4, -0.2) is 44.6 Å². The van der Waals surface area contributed by atoms with E-state index in [9.17, 15) is 36.2 Å². The minimum atomic E-state index is -4.79. The van der Waals surface area contributed by atoms with E-state index in [0.29, 0.717) is 11.4 Å². The Hall–Kier alpha value is -4.43. The van der Waals surface area contributed by atoms with Crippen molar-refractivity contribution in [2.24, 2.45) is 0 Å². The zero-order valence-electron chi connectivity index (χ0n) is 22.3. The van der Waals surface area contributed by atoms with Crippen molar-refractivity contribution in [3.63, 3.8) is 0 Å². The summed E-state index contributed by atoms with van der Waals surface area (Å²) in [6.45, 7) is -0.150. The minimum Gasteiger partial charge on any atom is -0.459 e. The molecule has 8 nitrogen and oxygen atoms in total. The van der Waals surface area contributed by atoms with Crippen LogP contribution in [0.3, 0.4) is 0 Å². The quantitative estimate of drug-likeness (QED) is 0.179. The molecule has 43 heavy (non-hydrogen) atoms. The summed E-state index contributed by atoms with van der Waals surface area (Å²) < 4.78 is 87.5. The van der Waals surface area contributed by atoms with Crippen molar-refractivity contribution in [3.8, 4) is 11.3 Å². The third-order valence-electron chi connectivity index (χ3n) is 7.01. The molecule has 5 rings (SSSR count). The average molecular weight is 606 g/mol. The van der Waals surface area contributed by atoms with E-state index in [1.54, 1.807) is 12.1 Å². The number of nitrogens with zero attached hydrogens (tertiary/aromatic N) is 3. The van der Waals surface area contributed by atoms with Crippen LogP contribution in [0.15, 0.2) is 65.4 Å². The summed E-state index contributed by atoms with van der Waals surface area (Å²) in [7, 11) is 0. The Morgan fingerprint density at radius 1 is 1.12 bits per heavy atom. The maximum absolute atomic E-state index is 14.0. The number of pyridine rings is 2. The van der Waals surface area contributed by atoms with Gasteiger partial charge in [-0.25, -0.2) is 4.98 Å². The number of nitrogens with two attached hydrogens (primary N) is 1. The van der Waals surface area contributed by atoms with Crippen LogP contribution in [0.25, 0.3) is 28.3 Å². The number of aliphatic hydroxyl groups is 1. The summed E-state index contributed by atoms with van der Waals surface area (Å²) in [5.74, 6) is -0.125. The van der Waals surface area contributed by atoms with Gasteiger partial charge in [-0.2, -0.15) is 26.3 Å². The van der Waals surface area contributed by atoms with Crippen LogP contribution in [0.5, 0.6) is 0 Å². The largest absolute Gasteiger partial charge is 0.459 e. The van der Waals surface area contributed by atoms with Crippen molar-refractivity contribution in [2.75, 3.05) is 12.3 Å². The van der Waals surface area contributed by atoms with Crippen LogP contribution >= 0.6 is 0 Å². The van der Waals surface area contributed by atoms with Crippen molar-refractivity contribution >= 4 is 28.8 Å². The van der Waals surface area contributed by atoms with Gasteiger partial charge in [-0.05, 0) is 60.9 Å². The van der Waals surface area contributed by atoms with Gasteiger partial charge in [0, 0.05) is 41.5 Å². The maximum atomic E-state index is 14.0. The number of rotatable bonds is 7. The Labute approximate surface area is 240 Å². The Morgan fingerprint density at radius 3 is 2.56 bits per heavy atom. The van der Waals surface area contributed by atoms with Gasteiger partial charge in [-0.15, -0.1) is 0 Å². The lowest BCUT2D eigenvalue weighted by atomic mass is 10.0. The molecule has 1 fully saturated rings. The van der Waals surface area contributed by atoms with Gasteiger partial charge < -0.3 is 20.6 Å². The number of fused-ring (bicyclic) bond motifs is 1. The van der Waals surface area contributed by atoms with Crippen LogP contribution in [-0.2, 0) is 17.5 Å². The number of nitrogen functional groups attached to an aromatic ring is 1. The first kappa shape index (κ1) is 30.0. The van der Waals surface area contributed by atoms with Gasteiger partial charge >= 0.3 is 12.4 Å². The molecule has 0 aliphatic carbocycles. The van der Waals surface area contributed by atoms with Crippen molar-refractivity contribution in [1.29, 1.82) is 0 Å². The normalized spacial score (nSPS) is 17.1. The molecule has 2 atom stereocenters. The number of likely N-dealkylation sites (tertiary alicyclic amines) is 1. The van der Waals surface area contributed by atoms with E-state index in [-0.39, 0.29) is 53.9 Å². The fourth-order valence-corrected chi connectivity index (χ4v) is 4.93. The highest BCUT2D eigenvalue weighted by atomic mass is 19.4. The third kappa shape index (κ3) is 6.81. The second-order valence-electron chi connectivity index (χ2n) is 10.0. The molecule has 1 saturated heterocycles. The number of amides is 1. The SMILES string of the molecule is Nc1ccc(/C=C/C(=O)NCc2cc3cc(-c4ccc(C(O)N5CCC[C@@H]5C(F)(F)F)cn4)cc(C(F)(F)F)c3o2)cn1. The summed E-state index contributed by atoms with van der Waals surface area (Å²) in [5.41, 5.74) is 4.91. The van der Waals surface area contributed by atoms with E-state index in [2.05, 4.69) is 15.3 Å². The van der Waals surface area contributed by atoms with Gasteiger partial charge in [0.05, 0.1) is 17.8 Å². The zero-order chi connectivity index (χ0) is 30.9. The lowest BCUT2D eigenvalue weighted by Crippen LogP contribution is -2.43.